The van der Waals surface area contributed by atoms with Crippen LogP contribution in [0.5, 0.6) is 0 Å². The SMILES string of the molecule is CC1(CN(CCO)CCN2CCOCC2)CCNC1. The van der Waals surface area contributed by atoms with Gasteiger partial charge in [-0.15, -0.1) is 0 Å². The van der Waals surface area contributed by atoms with Gasteiger partial charge in [0, 0.05) is 45.8 Å². The smallest absolute Gasteiger partial charge is 0.0594 e. The van der Waals surface area contributed by atoms with Gasteiger partial charge in [0.05, 0.1) is 19.8 Å². The summed E-state index contributed by atoms with van der Waals surface area (Å²) >= 11 is 0. The summed E-state index contributed by atoms with van der Waals surface area (Å²) in [4.78, 5) is 4.88. The van der Waals surface area contributed by atoms with Crippen molar-refractivity contribution in [2.45, 2.75) is 13.3 Å². The summed E-state index contributed by atoms with van der Waals surface area (Å²) in [6, 6.07) is 0. The Kier molecular flexibility index (Phi) is 6.04. The largest absolute Gasteiger partial charge is 0.395 e. The third kappa shape index (κ3) is 5.00. The summed E-state index contributed by atoms with van der Waals surface area (Å²) < 4.78 is 5.37. The standard InChI is InChI=1S/C14H29N3O2/c1-14(2-3-15-12-14)13-17(6-9-18)5-4-16-7-10-19-11-8-16/h15,18H,2-13H2,1H3. The number of aliphatic hydroxyl groups excluding tert-OH is 1. The molecule has 0 aromatic carbocycles. The van der Waals surface area contributed by atoms with Crippen LogP contribution in [0, 0.1) is 5.41 Å². The van der Waals surface area contributed by atoms with E-state index in [9.17, 15) is 5.11 Å². The Balaban J connectivity index is 1.74. The van der Waals surface area contributed by atoms with Crippen molar-refractivity contribution in [3.05, 3.63) is 0 Å². The number of rotatable bonds is 7. The van der Waals surface area contributed by atoms with E-state index in [1.165, 1.54) is 6.42 Å². The third-order valence-electron chi connectivity index (χ3n) is 4.31. The van der Waals surface area contributed by atoms with Gasteiger partial charge in [0.15, 0.2) is 0 Å². The van der Waals surface area contributed by atoms with Crippen LogP contribution in [-0.2, 0) is 4.74 Å². The first-order valence-electron chi connectivity index (χ1n) is 7.56. The molecule has 0 aromatic rings. The molecule has 2 N–H and O–H groups in total. The van der Waals surface area contributed by atoms with Crippen LogP contribution in [0.3, 0.4) is 0 Å². The molecule has 2 heterocycles. The van der Waals surface area contributed by atoms with Crippen LogP contribution in [0.15, 0.2) is 0 Å². The number of nitrogens with one attached hydrogen (secondary N) is 1. The van der Waals surface area contributed by atoms with Crippen molar-refractivity contribution in [1.29, 1.82) is 0 Å². The Hall–Kier alpha value is -0.200. The molecule has 0 aliphatic carbocycles. The maximum atomic E-state index is 9.24. The molecule has 5 heteroatoms. The second kappa shape index (κ2) is 7.55. The fourth-order valence-electron chi connectivity index (χ4n) is 3.06. The lowest BCUT2D eigenvalue weighted by Crippen LogP contribution is -2.45. The molecule has 1 atom stereocenters. The van der Waals surface area contributed by atoms with Gasteiger partial charge in [-0.2, -0.15) is 0 Å². The van der Waals surface area contributed by atoms with Gasteiger partial charge >= 0.3 is 0 Å². The normalized spacial score (nSPS) is 29.2. The number of ether oxygens (including phenoxy) is 1. The summed E-state index contributed by atoms with van der Waals surface area (Å²) in [5.74, 6) is 0. The minimum Gasteiger partial charge on any atom is -0.395 e. The highest BCUT2D eigenvalue weighted by atomic mass is 16.5. The van der Waals surface area contributed by atoms with Crippen LogP contribution in [0.2, 0.25) is 0 Å². The quantitative estimate of drug-likeness (QED) is 0.661. The average molecular weight is 271 g/mol. The first-order chi connectivity index (χ1) is 9.22. The molecule has 0 amide bonds. The summed E-state index contributed by atoms with van der Waals surface area (Å²) in [6.45, 7) is 12.7. The van der Waals surface area contributed by atoms with E-state index in [0.29, 0.717) is 5.41 Å². The van der Waals surface area contributed by atoms with Crippen molar-refractivity contribution in [2.75, 3.05) is 72.2 Å². The van der Waals surface area contributed by atoms with Crippen LogP contribution in [0.1, 0.15) is 13.3 Å². The first-order valence-corrected chi connectivity index (χ1v) is 7.56. The lowest BCUT2D eigenvalue weighted by molar-refractivity contribution is 0.0300. The zero-order valence-corrected chi connectivity index (χ0v) is 12.2. The number of morpholine rings is 1. The summed E-state index contributed by atoms with van der Waals surface area (Å²) in [5, 5.41) is 12.7. The van der Waals surface area contributed by atoms with Gasteiger partial charge in [0.1, 0.15) is 0 Å². The van der Waals surface area contributed by atoms with Crippen LogP contribution in [0.4, 0.5) is 0 Å². The molecule has 19 heavy (non-hydrogen) atoms. The van der Waals surface area contributed by atoms with E-state index >= 15 is 0 Å². The molecule has 0 saturated carbocycles. The molecular formula is C14H29N3O2. The molecular weight excluding hydrogens is 242 g/mol. The predicted octanol–water partition coefficient (Wildman–Crippen LogP) is -0.387. The Morgan fingerprint density at radius 1 is 1.32 bits per heavy atom. The van der Waals surface area contributed by atoms with Gasteiger partial charge in [0.25, 0.3) is 0 Å². The third-order valence-corrected chi connectivity index (χ3v) is 4.31. The Morgan fingerprint density at radius 3 is 2.74 bits per heavy atom. The van der Waals surface area contributed by atoms with Crippen molar-refractivity contribution in [2.24, 2.45) is 5.41 Å². The van der Waals surface area contributed by atoms with Crippen molar-refractivity contribution in [1.82, 2.24) is 15.1 Å². The van der Waals surface area contributed by atoms with E-state index in [1.807, 2.05) is 0 Å². The van der Waals surface area contributed by atoms with E-state index in [0.717, 1.165) is 65.6 Å². The minimum absolute atomic E-state index is 0.257. The summed E-state index contributed by atoms with van der Waals surface area (Å²) in [7, 11) is 0. The Bertz CT molecular complexity index is 251. The number of hydrogen-bond donors (Lipinski definition) is 2. The van der Waals surface area contributed by atoms with E-state index in [4.69, 9.17) is 4.74 Å². The first kappa shape index (κ1) is 15.2. The average Bonchev–Trinajstić information content (AvgIpc) is 2.84. The molecule has 2 rings (SSSR count). The van der Waals surface area contributed by atoms with E-state index in [-0.39, 0.29) is 6.61 Å². The highest BCUT2D eigenvalue weighted by Gasteiger charge is 2.30. The second-order valence-corrected chi connectivity index (χ2v) is 6.19. The summed E-state index contributed by atoms with van der Waals surface area (Å²) in [6.07, 6.45) is 1.24. The Labute approximate surface area is 116 Å². The topological polar surface area (TPSA) is 48.0 Å². The zero-order valence-electron chi connectivity index (χ0n) is 12.2. The molecule has 5 nitrogen and oxygen atoms in total. The van der Waals surface area contributed by atoms with Gasteiger partial charge in [0.2, 0.25) is 0 Å². The van der Waals surface area contributed by atoms with Gasteiger partial charge in [-0.05, 0) is 18.4 Å². The molecule has 0 aromatic heterocycles. The fourth-order valence-corrected chi connectivity index (χ4v) is 3.06. The molecule has 2 fully saturated rings. The van der Waals surface area contributed by atoms with Crippen molar-refractivity contribution < 1.29 is 9.84 Å². The molecule has 1 unspecified atom stereocenters. The van der Waals surface area contributed by atoms with Gasteiger partial charge in [-0.25, -0.2) is 0 Å². The molecule has 2 saturated heterocycles. The van der Waals surface area contributed by atoms with E-state index < -0.39 is 0 Å². The highest BCUT2D eigenvalue weighted by molar-refractivity contribution is 4.86. The maximum absolute atomic E-state index is 9.24. The second-order valence-electron chi connectivity index (χ2n) is 6.19. The van der Waals surface area contributed by atoms with Crippen LogP contribution >= 0.6 is 0 Å². The van der Waals surface area contributed by atoms with Crippen LogP contribution in [0.25, 0.3) is 0 Å². The molecule has 0 spiro atoms. The lowest BCUT2D eigenvalue weighted by Gasteiger charge is -2.34. The highest BCUT2D eigenvalue weighted by Crippen LogP contribution is 2.25. The minimum atomic E-state index is 0.257. The van der Waals surface area contributed by atoms with E-state index in [2.05, 4.69) is 22.0 Å². The zero-order chi connectivity index (χ0) is 13.6. The van der Waals surface area contributed by atoms with Crippen LogP contribution in [-0.4, -0.2) is 87.1 Å². The van der Waals surface area contributed by atoms with Crippen LogP contribution < -0.4 is 5.32 Å². The van der Waals surface area contributed by atoms with Crippen molar-refractivity contribution in [3.8, 4) is 0 Å². The maximum Gasteiger partial charge on any atom is 0.0594 e. The molecule has 2 aliphatic heterocycles. The number of nitrogens with zero attached hydrogens (tertiary/aromatic N) is 2. The van der Waals surface area contributed by atoms with Gasteiger partial charge in [-0.3, -0.25) is 9.80 Å². The summed E-state index contributed by atoms with van der Waals surface area (Å²) in [5.41, 5.74) is 0.375. The van der Waals surface area contributed by atoms with Gasteiger partial charge in [-0.1, -0.05) is 6.92 Å². The predicted molar refractivity (Wildman–Crippen MR) is 76.4 cm³/mol. The number of aliphatic hydroxyl groups is 1. The fraction of sp³-hybridized carbons (Fsp3) is 1.00. The van der Waals surface area contributed by atoms with E-state index in [1.54, 1.807) is 0 Å². The molecule has 0 radical (unpaired) electrons. The lowest BCUT2D eigenvalue weighted by atomic mass is 9.89. The molecule has 2 aliphatic rings. The van der Waals surface area contributed by atoms with Crippen molar-refractivity contribution >= 4 is 0 Å². The van der Waals surface area contributed by atoms with Crippen molar-refractivity contribution in [3.63, 3.8) is 0 Å². The molecule has 112 valence electrons. The molecule has 0 bridgehead atoms. The van der Waals surface area contributed by atoms with Gasteiger partial charge < -0.3 is 15.2 Å². The number of hydrogen-bond acceptors (Lipinski definition) is 5. The monoisotopic (exact) mass is 271 g/mol. The Morgan fingerprint density at radius 2 is 2.11 bits per heavy atom.